The third kappa shape index (κ3) is 4.21. The summed E-state index contributed by atoms with van der Waals surface area (Å²) in [6.45, 7) is 3.15. The van der Waals surface area contributed by atoms with E-state index in [9.17, 15) is 26.4 Å². The van der Waals surface area contributed by atoms with Gasteiger partial charge >= 0.3 is 11.9 Å². The summed E-state index contributed by atoms with van der Waals surface area (Å²) in [6, 6.07) is 12.6. The highest BCUT2D eigenvalue weighted by Crippen LogP contribution is 2.31. The summed E-state index contributed by atoms with van der Waals surface area (Å²) >= 11 is 0. The number of halogens is 3. The third-order valence-corrected chi connectivity index (χ3v) is 7.09. The molecule has 0 amide bonds. The van der Waals surface area contributed by atoms with Crippen LogP contribution in [-0.2, 0) is 29.0 Å². The lowest BCUT2D eigenvalue weighted by atomic mass is 10.1. The summed E-state index contributed by atoms with van der Waals surface area (Å²) in [5.41, 5.74) is -0.371. The number of H-pyrrole nitrogens is 1. The van der Waals surface area contributed by atoms with Gasteiger partial charge in [0.1, 0.15) is 5.25 Å². The van der Waals surface area contributed by atoms with Crippen LogP contribution in [-0.4, -0.2) is 18.0 Å². The predicted molar refractivity (Wildman–Crippen MR) is 107 cm³/mol. The van der Waals surface area contributed by atoms with Crippen LogP contribution in [0.15, 0.2) is 64.3 Å². The second-order valence-electron chi connectivity index (χ2n) is 6.93. The van der Waals surface area contributed by atoms with Crippen molar-refractivity contribution in [1.29, 1.82) is 0 Å². The summed E-state index contributed by atoms with van der Waals surface area (Å²) in [7, 11) is -3.76. The second kappa shape index (κ2) is 8.14. The Kier molecular flexibility index (Phi) is 5.94. The molecule has 2 aromatic carbocycles. The Hall–Kier alpha value is -2.81. The first-order chi connectivity index (χ1) is 14.1. The van der Waals surface area contributed by atoms with E-state index in [1.54, 1.807) is 25.1 Å². The molecule has 0 fully saturated rings. The number of alkyl halides is 3. The number of hydrogen-bond acceptors (Lipinski definition) is 3. The molecule has 3 aromatic rings. The van der Waals surface area contributed by atoms with Crippen molar-refractivity contribution in [2.45, 2.75) is 43.1 Å². The number of imidazole rings is 1. The van der Waals surface area contributed by atoms with Crippen LogP contribution in [0.5, 0.6) is 0 Å². The summed E-state index contributed by atoms with van der Waals surface area (Å²) in [5, 5.41) is -1.02. The predicted octanol–water partition coefficient (Wildman–Crippen LogP) is 4.34. The molecule has 1 aromatic heterocycles. The molecule has 0 unspecified atom stereocenters. The number of hydrogen-bond donors (Lipinski definition) is 1. The number of nitrogens with zero attached hydrogens (tertiary/aromatic N) is 1. The van der Waals surface area contributed by atoms with Gasteiger partial charge in [-0.1, -0.05) is 37.3 Å². The van der Waals surface area contributed by atoms with Crippen LogP contribution in [0.1, 0.15) is 41.6 Å². The normalized spacial score (nSPS) is 13.4. The summed E-state index contributed by atoms with van der Waals surface area (Å²) in [4.78, 5) is 15.3. The molecule has 5 nitrogen and oxygen atoms in total. The molecule has 0 aliphatic heterocycles. The molecule has 0 aliphatic rings. The molecule has 1 N–H and O–H groups in total. The fraction of sp³-hybridized carbons (Fsp3) is 0.286. The minimum absolute atomic E-state index is 0.0967. The molecule has 0 saturated heterocycles. The van der Waals surface area contributed by atoms with Gasteiger partial charge in [-0.25, -0.2) is 13.2 Å². The molecule has 1 heterocycles. The van der Waals surface area contributed by atoms with Crippen molar-refractivity contribution < 1.29 is 21.6 Å². The fourth-order valence-corrected chi connectivity index (χ4v) is 4.86. The van der Waals surface area contributed by atoms with Gasteiger partial charge in [-0.2, -0.15) is 13.2 Å². The first-order valence-corrected chi connectivity index (χ1v) is 10.9. The van der Waals surface area contributed by atoms with E-state index in [1.165, 1.54) is 35.8 Å². The Labute approximate surface area is 172 Å². The van der Waals surface area contributed by atoms with Gasteiger partial charge in [0.25, 0.3) is 0 Å². The van der Waals surface area contributed by atoms with Crippen molar-refractivity contribution >= 4 is 9.84 Å². The van der Waals surface area contributed by atoms with Gasteiger partial charge in [0.15, 0.2) is 9.84 Å². The maximum absolute atomic E-state index is 13.0. The number of nitrogens with one attached hydrogen (secondary N) is 1. The minimum atomic E-state index is -4.49. The lowest BCUT2D eigenvalue weighted by Crippen LogP contribution is -2.19. The van der Waals surface area contributed by atoms with Crippen LogP contribution in [0.2, 0.25) is 0 Å². The Bertz CT molecular complexity index is 1200. The maximum Gasteiger partial charge on any atom is 0.416 e. The van der Waals surface area contributed by atoms with Crippen LogP contribution in [0.3, 0.4) is 0 Å². The van der Waals surface area contributed by atoms with Crippen molar-refractivity contribution in [3.63, 3.8) is 0 Å². The summed E-state index contributed by atoms with van der Waals surface area (Å²) in [6.07, 6.45) is -4.15. The third-order valence-electron chi connectivity index (χ3n) is 5.00. The van der Waals surface area contributed by atoms with Crippen molar-refractivity contribution in [3.8, 4) is 0 Å². The molecule has 30 heavy (non-hydrogen) atoms. The highest BCUT2D eigenvalue weighted by Gasteiger charge is 2.31. The van der Waals surface area contributed by atoms with Crippen LogP contribution < -0.4 is 5.69 Å². The number of aromatic nitrogens is 2. The molecule has 0 aliphatic carbocycles. The SMILES string of the molecule is CCc1c([C@@H](C)S(=O)(=O)c2ccccc2)[nH]c(=O)n1Cc1cccc(C(F)(F)F)c1. The van der Waals surface area contributed by atoms with Crippen LogP contribution in [0.4, 0.5) is 13.2 Å². The zero-order chi connectivity index (χ0) is 22.1. The highest BCUT2D eigenvalue weighted by molar-refractivity contribution is 7.91. The molecule has 1 atom stereocenters. The fourth-order valence-electron chi connectivity index (χ4n) is 3.41. The Balaban J connectivity index is 2.02. The Morgan fingerprint density at radius 3 is 2.33 bits per heavy atom. The molecule has 0 spiro atoms. The van der Waals surface area contributed by atoms with Gasteiger partial charge in [0.05, 0.1) is 22.7 Å². The van der Waals surface area contributed by atoms with Gasteiger partial charge < -0.3 is 4.98 Å². The highest BCUT2D eigenvalue weighted by atomic mass is 32.2. The Morgan fingerprint density at radius 2 is 1.73 bits per heavy atom. The molecule has 9 heteroatoms. The van der Waals surface area contributed by atoms with Gasteiger partial charge in [-0.15, -0.1) is 0 Å². The average molecular weight is 438 g/mol. The van der Waals surface area contributed by atoms with E-state index >= 15 is 0 Å². The van der Waals surface area contributed by atoms with Crippen molar-refractivity contribution in [2.24, 2.45) is 0 Å². The average Bonchev–Trinajstić information content (AvgIpc) is 3.02. The van der Waals surface area contributed by atoms with E-state index in [1.807, 2.05) is 0 Å². The van der Waals surface area contributed by atoms with Gasteiger partial charge in [-0.3, -0.25) is 4.57 Å². The minimum Gasteiger partial charge on any atom is -0.308 e. The standard InChI is InChI=1S/C21H21F3N2O3S/c1-3-18-19(14(2)30(28,29)17-10-5-4-6-11-17)25-20(27)26(18)13-15-8-7-9-16(12-15)21(22,23)24/h4-12,14H,3,13H2,1-2H3,(H,25,27)/t14-/m1/s1. The molecule has 0 bridgehead atoms. The van der Waals surface area contributed by atoms with E-state index in [0.29, 0.717) is 17.7 Å². The molecule has 160 valence electrons. The van der Waals surface area contributed by atoms with Crippen LogP contribution in [0, 0.1) is 0 Å². The molecular formula is C21H21F3N2O3S. The first kappa shape index (κ1) is 21.9. The second-order valence-corrected chi connectivity index (χ2v) is 9.20. The summed E-state index contributed by atoms with van der Waals surface area (Å²) in [5.74, 6) is 0. The van der Waals surface area contributed by atoms with Crippen LogP contribution in [0.25, 0.3) is 0 Å². The van der Waals surface area contributed by atoms with Crippen LogP contribution >= 0.6 is 0 Å². The number of benzene rings is 2. The largest absolute Gasteiger partial charge is 0.416 e. The van der Waals surface area contributed by atoms with E-state index in [2.05, 4.69) is 4.98 Å². The number of rotatable bonds is 6. The van der Waals surface area contributed by atoms with Gasteiger partial charge in [-0.05, 0) is 43.2 Å². The van der Waals surface area contributed by atoms with E-state index in [0.717, 1.165) is 12.1 Å². The molecule has 0 saturated carbocycles. The smallest absolute Gasteiger partial charge is 0.308 e. The van der Waals surface area contributed by atoms with Gasteiger partial charge in [0.2, 0.25) is 0 Å². The lowest BCUT2D eigenvalue weighted by molar-refractivity contribution is -0.137. The monoisotopic (exact) mass is 438 g/mol. The van der Waals surface area contributed by atoms with Crippen molar-refractivity contribution in [2.75, 3.05) is 0 Å². The van der Waals surface area contributed by atoms with E-state index < -0.39 is 32.5 Å². The first-order valence-electron chi connectivity index (χ1n) is 9.32. The Morgan fingerprint density at radius 1 is 1.07 bits per heavy atom. The quantitative estimate of drug-likeness (QED) is 0.622. The van der Waals surface area contributed by atoms with Crippen molar-refractivity contribution in [3.05, 3.63) is 87.6 Å². The number of aromatic amines is 1. The topological polar surface area (TPSA) is 71.9 Å². The zero-order valence-electron chi connectivity index (χ0n) is 16.4. The van der Waals surface area contributed by atoms with E-state index in [-0.39, 0.29) is 17.1 Å². The molecular weight excluding hydrogens is 417 g/mol. The zero-order valence-corrected chi connectivity index (χ0v) is 17.2. The van der Waals surface area contributed by atoms with E-state index in [4.69, 9.17) is 0 Å². The maximum atomic E-state index is 13.0. The summed E-state index contributed by atoms with van der Waals surface area (Å²) < 4.78 is 66.2. The van der Waals surface area contributed by atoms with Crippen molar-refractivity contribution in [1.82, 2.24) is 9.55 Å². The van der Waals surface area contributed by atoms with Gasteiger partial charge in [0, 0.05) is 5.69 Å². The lowest BCUT2D eigenvalue weighted by Gasteiger charge is -2.15. The molecule has 3 rings (SSSR count). The molecule has 0 radical (unpaired) electrons. The number of sulfone groups is 1.